The minimum absolute atomic E-state index is 0.0743. The zero-order valence-electron chi connectivity index (χ0n) is 14.0. The molecule has 4 rings (SSSR count). The molecule has 4 heterocycles. The lowest BCUT2D eigenvalue weighted by Gasteiger charge is -2.37. The number of primary amides is 1. The molecule has 2 amide bonds. The van der Waals surface area contributed by atoms with Gasteiger partial charge in [0.05, 0.1) is 11.4 Å². The Morgan fingerprint density at radius 3 is 2.56 bits per heavy atom. The smallest absolute Gasteiger partial charge is 0.274 e. The number of nitrogens with one attached hydrogen (secondary N) is 1. The summed E-state index contributed by atoms with van der Waals surface area (Å²) in [6.07, 6.45) is 4.63. The molecule has 3 N–H and O–H groups in total. The molecular formula is C17H20N6O2. The normalized spacial score (nSPS) is 25.2. The van der Waals surface area contributed by atoms with Crippen molar-refractivity contribution in [3.8, 4) is 11.4 Å². The number of hydrogen-bond donors (Lipinski definition) is 2. The van der Waals surface area contributed by atoms with E-state index in [0.29, 0.717) is 29.9 Å². The largest absolute Gasteiger partial charge is 0.369 e. The second kappa shape index (κ2) is 5.94. The van der Waals surface area contributed by atoms with Crippen LogP contribution in [-0.4, -0.2) is 49.0 Å². The maximum atomic E-state index is 12.9. The molecule has 0 radical (unpaired) electrons. The molecule has 2 unspecified atom stereocenters. The molecule has 2 bridgehead atoms. The predicted molar refractivity (Wildman–Crippen MR) is 89.2 cm³/mol. The Morgan fingerprint density at radius 2 is 1.92 bits per heavy atom. The molecule has 2 saturated heterocycles. The molecule has 8 heteroatoms. The zero-order chi connectivity index (χ0) is 17.6. The Hall–Kier alpha value is -2.77. The van der Waals surface area contributed by atoms with Gasteiger partial charge in [0, 0.05) is 23.7 Å². The standard InChI is InChI=1S/C17H20N6O2/c1-9-4-13(20-8-19-9)14-7-15(22-21-14)17(25)23-11-2-3-12(23)6-10(5-11)16(18)24/h4,7-8,10-12H,2-3,5-6H2,1H3,(H2,18,24)(H,21,22). The first-order chi connectivity index (χ1) is 12.0. The lowest BCUT2D eigenvalue weighted by atomic mass is 9.90. The van der Waals surface area contributed by atoms with Crippen LogP contribution in [0.3, 0.4) is 0 Å². The number of piperidine rings is 1. The lowest BCUT2D eigenvalue weighted by molar-refractivity contribution is -0.123. The number of fused-ring (bicyclic) bond motifs is 2. The summed E-state index contributed by atoms with van der Waals surface area (Å²) < 4.78 is 0. The second-order valence-corrected chi connectivity index (χ2v) is 6.88. The average molecular weight is 340 g/mol. The number of carbonyl (C=O) groups excluding carboxylic acids is 2. The summed E-state index contributed by atoms with van der Waals surface area (Å²) in [7, 11) is 0. The van der Waals surface area contributed by atoms with Crippen LogP contribution >= 0.6 is 0 Å². The Balaban J connectivity index is 1.56. The van der Waals surface area contributed by atoms with Gasteiger partial charge in [-0.2, -0.15) is 5.10 Å². The fourth-order valence-corrected chi connectivity index (χ4v) is 4.04. The van der Waals surface area contributed by atoms with E-state index in [1.807, 2.05) is 17.9 Å². The Bertz CT molecular complexity index is 818. The number of H-pyrrole nitrogens is 1. The van der Waals surface area contributed by atoms with Gasteiger partial charge in [0.15, 0.2) is 5.69 Å². The maximum absolute atomic E-state index is 12.9. The SMILES string of the molecule is Cc1cc(-c2cc(C(=O)N3C4CCC3CC(C(N)=O)C4)n[nH]2)ncn1. The van der Waals surface area contributed by atoms with E-state index in [1.165, 1.54) is 6.33 Å². The topological polar surface area (TPSA) is 118 Å². The third-order valence-corrected chi connectivity index (χ3v) is 5.25. The van der Waals surface area contributed by atoms with Crippen molar-refractivity contribution in [2.45, 2.75) is 44.7 Å². The molecule has 2 aliphatic rings. The fourth-order valence-electron chi connectivity index (χ4n) is 4.04. The van der Waals surface area contributed by atoms with E-state index < -0.39 is 0 Å². The van der Waals surface area contributed by atoms with Gasteiger partial charge < -0.3 is 10.6 Å². The van der Waals surface area contributed by atoms with Crippen LogP contribution in [0.1, 0.15) is 41.9 Å². The third kappa shape index (κ3) is 2.77. The molecule has 0 aliphatic carbocycles. The number of rotatable bonds is 3. The van der Waals surface area contributed by atoms with Crippen molar-refractivity contribution < 1.29 is 9.59 Å². The summed E-state index contributed by atoms with van der Waals surface area (Å²) >= 11 is 0. The summed E-state index contributed by atoms with van der Waals surface area (Å²) in [5, 5.41) is 7.06. The summed E-state index contributed by atoms with van der Waals surface area (Å²) in [4.78, 5) is 34.6. The van der Waals surface area contributed by atoms with Crippen molar-refractivity contribution >= 4 is 11.8 Å². The zero-order valence-corrected chi connectivity index (χ0v) is 14.0. The highest BCUT2D eigenvalue weighted by atomic mass is 16.2. The van der Waals surface area contributed by atoms with E-state index >= 15 is 0 Å². The number of aryl methyl sites for hydroxylation is 1. The Labute approximate surface area is 144 Å². The Kier molecular flexibility index (Phi) is 3.74. The number of carbonyl (C=O) groups is 2. The van der Waals surface area contributed by atoms with Crippen molar-refractivity contribution in [3.05, 3.63) is 29.8 Å². The number of nitrogens with two attached hydrogens (primary N) is 1. The molecule has 2 aromatic rings. The van der Waals surface area contributed by atoms with Gasteiger partial charge in [0.2, 0.25) is 5.91 Å². The molecule has 25 heavy (non-hydrogen) atoms. The molecule has 2 aliphatic heterocycles. The van der Waals surface area contributed by atoms with Crippen LogP contribution in [0.15, 0.2) is 18.5 Å². The molecular weight excluding hydrogens is 320 g/mol. The highest BCUT2D eigenvalue weighted by Crippen LogP contribution is 2.39. The van der Waals surface area contributed by atoms with E-state index in [9.17, 15) is 9.59 Å². The summed E-state index contributed by atoms with van der Waals surface area (Å²) in [6.45, 7) is 1.88. The van der Waals surface area contributed by atoms with Gasteiger partial charge in [-0.25, -0.2) is 9.97 Å². The van der Waals surface area contributed by atoms with E-state index in [-0.39, 0.29) is 29.8 Å². The van der Waals surface area contributed by atoms with Crippen LogP contribution in [0.25, 0.3) is 11.4 Å². The van der Waals surface area contributed by atoms with Gasteiger partial charge in [-0.15, -0.1) is 0 Å². The van der Waals surface area contributed by atoms with Gasteiger partial charge in [0.1, 0.15) is 6.33 Å². The second-order valence-electron chi connectivity index (χ2n) is 6.88. The number of aromatic nitrogens is 4. The van der Waals surface area contributed by atoms with E-state index in [2.05, 4.69) is 20.2 Å². The van der Waals surface area contributed by atoms with Crippen LogP contribution in [0, 0.1) is 12.8 Å². The molecule has 2 fully saturated rings. The number of nitrogens with zero attached hydrogens (tertiary/aromatic N) is 4. The van der Waals surface area contributed by atoms with Crippen molar-refractivity contribution in [2.24, 2.45) is 11.7 Å². The van der Waals surface area contributed by atoms with Gasteiger partial charge in [-0.3, -0.25) is 14.7 Å². The molecule has 0 spiro atoms. The predicted octanol–water partition coefficient (Wildman–Crippen LogP) is 1.04. The van der Waals surface area contributed by atoms with Gasteiger partial charge in [0.25, 0.3) is 5.91 Å². The quantitative estimate of drug-likeness (QED) is 0.865. The third-order valence-electron chi connectivity index (χ3n) is 5.25. The van der Waals surface area contributed by atoms with Gasteiger partial charge in [-0.05, 0) is 44.7 Å². The van der Waals surface area contributed by atoms with Crippen molar-refractivity contribution in [1.29, 1.82) is 0 Å². The highest BCUT2D eigenvalue weighted by molar-refractivity contribution is 5.94. The molecule has 2 aromatic heterocycles. The van der Waals surface area contributed by atoms with E-state index in [4.69, 9.17) is 5.73 Å². The first-order valence-electron chi connectivity index (χ1n) is 8.49. The summed E-state index contributed by atoms with van der Waals surface area (Å²) in [5.41, 5.74) is 8.07. The van der Waals surface area contributed by atoms with Crippen LogP contribution in [0.5, 0.6) is 0 Å². The summed E-state index contributed by atoms with van der Waals surface area (Å²) in [5.74, 6) is -0.478. The van der Waals surface area contributed by atoms with E-state index in [1.54, 1.807) is 6.07 Å². The first-order valence-corrected chi connectivity index (χ1v) is 8.49. The monoisotopic (exact) mass is 340 g/mol. The minimum Gasteiger partial charge on any atom is -0.369 e. The molecule has 0 saturated carbocycles. The summed E-state index contributed by atoms with van der Waals surface area (Å²) in [6, 6.07) is 3.71. The van der Waals surface area contributed by atoms with Crippen molar-refractivity contribution in [2.75, 3.05) is 0 Å². The van der Waals surface area contributed by atoms with Gasteiger partial charge >= 0.3 is 0 Å². The fraction of sp³-hybridized carbons (Fsp3) is 0.471. The highest BCUT2D eigenvalue weighted by Gasteiger charge is 2.45. The first kappa shape index (κ1) is 15.7. The molecule has 0 aromatic carbocycles. The average Bonchev–Trinajstić information content (AvgIpc) is 3.17. The number of amides is 2. The van der Waals surface area contributed by atoms with E-state index in [0.717, 1.165) is 18.5 Å². The molecule has 2 atom stereocenters. The van der Waals surface area contributed by atoms with Crippen LogP contribution in [-0.2, 0) is 4.79 Å². The number of aromatic amines is 1. The maximum Gasteiger partial charge on any atom is 0.274 e. The minimum atomic E-state index is -0.259. The molecule has 130 valence electrons. The molecule has 8 nitrogen and oxygen atoms in total. The van der Waals surface area contributed by atoms with Gasteiger partial charge in [-0.1, -0.05) is 0 Å². The van der Waals surface area contributed by atoms with Crippen molar-refractivity contribution in [1.82, 2.24) is 25.1 Å². The lowest BCUT2D eigenvalue weighted by Crippen LogP contribution is -2.49. The van der Waals surface area contributed by atoms with Crippen LogP contribution in [0.4, 0.5) is 0 Å². The Morgan fingerprint density at radius 1 is 1.20 bits per heavy atom. The van der Waals surface area contributed by atoms with Crippen LogP contribution < -0.4 is 5.73 Å². The van der Waals surface area contributed by atoms with Crippen LogP contribution in [0.2, 0.25) is 0 Å². The number of hydrogen-bond acceptors (Lipinski definition) is 5. The van der Waals surface area contributed by atoms with Crippen molar-refractivity contribution in [3.63, 3.8) is 0 Å².